The van der Waals surface area contributed by atoms with Gasteiger partial charge in [0, 0.05) is 6.42 Å². The first-order valence-corrected chi connectivity index (χ1v) is 7.87. The maximum atomic E-state index is 12.0. The van der Waals surface area contributed by atoms with E-state index in [1.54, 1.807) is 0 Å². The molecule has 21 heavy (non-hydrogen) atoms. The molecule has 5 nitrogen and oxygen atoms in total. The van der Waals surface area contributed by atoms with Crippen LogP contribution in [0.5, 0.6) is 11.5 Å². The van der Waals surface area contributed by atoms with E-state index in [9.17, 15) is 4.79 Å². The number of fused-ring (bicyclic) bond motifs is 1. The first-order chi connectivity index (χ1) is 10.2. The van der Waals surface area contributed by atoms with Crippen LogP contribution in [-0.4, -0.2) is 32.8 Å². The molecule has 1 unspecified atom stereocenters. The van der Waals surface area contributed by atoms with E-state index in [0.717, 1.165) is 29.4 Å². The fourth-order valence-corrected chi connectivity index (χ4v) is 2.74. The van der Waals surface area contributed by atoms with E-state index in [-0.39, 0.29) is 5.97 Å². The number of halogens is 1. The first-order valence-electron chi connectivity index (χ1n) is 7.07. The highest BCUT2D eigenvalue weighted by atomic mass is 79.9. The van der Waals surface area contributed by atoms with Crippen LogP contribution >= 0.6 is 15.9 Å². The van der Waals surface area contributed by atoms with Gasteiger partial charge in [-0.3, -0.25) is 0 Å². The van der Waals surface area contributed by atoms with Crippen LogP contribution in [0.25, 0.3) is 0 Å². The highest BCUT2D eigenvalue weighted by Crippen LogP contribution is 2.39. The molecule has 116 valence electrons. The Balaban J connectivity index is 2.34. The molecule has 0 saturated heterocycles. The molecule has 0 aromatic heterocycles. The smallest absolute Gasteiger partial charge is 0.327 e. The van der Waals surface area contributed by atoms with Crippen molar-refractivity contribution in [3.8, 4) is 11.5 Å². The van der Waals surface area contributed by atoms with Crippen molar-refractivity contribution in [3.05, 3.63) is 22.2 Å². The minimum Gasteiger partial charge on any atom is -0.490 e. The summed E-state index contributed by atoms with van der Waals surface area (Å²) < 4.78 is 17.0. The number of carbonyl (C=O) groups is 1. The minimum atomic E-state index is -0.511. The third-order valence-corrected chi connectivity index (χ3v) is 3.78. The number of benzene rings is 1. The van der Waals surface area contributed by atoms with Crippen LogP contribution in [0, 0.1) is 0 Å². The predicted molar refractivity (Wildman–Crippen MR) is 82.8 cm³/mol. The van der Waals surface area contributed by atoms with Gasteiger partial charge in [0.1, 0.15) is 6.04 Å². The summed E-state index contributed by atoms with van der Waals surface area (Å²) in [6.45, 7) is 4.00. The summed E-state index contributed by atoms with van der Waals surface area (Å²) in [5, 5.41) is 3.19. The van der Waals surface area contributed by atoms with Crippen molar-refractivity contribution >= 4 is 21.9 Å². The van der Waals surface area contributed by atoms with Crippen LogP contribution in [0.4, 0.5) is 0 Å². The van der Waals surface area contributed by atoms with E-state index in [0.29, 0.717) is 24.7 Å². The summed E-state index contributed by atoms with van der Waals surface area (Å²) in [5.41, 5.74) is 0.798. The number of carbonyl (C=O) groups excluding carboxylic acids is 1. The first kappa shape index (κ1) is 16.1. The normalized spacial score (nSPS) is 15.2. The third-order valence-electron chi connectivity index (χ3n) is 3.19. The standard InChI is InChI=1S/C15H20BrNO4/c1-3-5-17-13(15(18)19-2)10-8-11(16)14-12(9-10)20-6-4-7-21-14/h8-9,13,17H,3-7H2,1-2H3. The van der Waals surface area contributed by atoms with Crippen LogP contribution < -0.4 is 14.8 Å². The lowest BCUT2D eigenvalue weighted by molar-refractivity contribution is -0.143. The van der Waals surface area contributed by atoms with E-state index in [4.69, 9.17) is 14.2 Å². The monoisotopic (exact) mass is 357 g/mol. The summed E-state index contributed by atoms with van der Waals surface area (Å²) in [5.74, 6) is 1.03. The second kappa shape index (κ2) is 7.66. The third kappa shape index (κ3) is 3.89. The van der Waals surface area contributed by atoms with Gasteiger partial charge in [0.2, 0.25) is 0 Å². The molecule has 0 spiro atoms. The Kier molecular flexibility index (Phi) is 5.87. The molecule has 2 rings (SSSR count). The van der Waals surface area contributed by atoms with Gasteiger partial charge in [-0.05, 0) is 46.6 Å². The number of hydrogen-bond acceptors (Lipinski definition) is 5. The summed E-state index contributed by atoms with van der Waals surface area (Å²) in [7, 11) is 1.39. The van der Waals surface area contributed by atoms with Crippen molar-refractivity contribution in [1.29, 1.82) is 0 Å². The average Bonchev–Trinajstić information content (AvgIpc) is 2.73. The van der Waals surface area contributed by atoms with E-state index in [1.807, 2.05) is 19.1 Å². The van der Waals surface area contributed by atoms with E-state index < -0.39 is 6.04 Å². The van der Waals surface area contributed by atoms with Gasteiger partial charge in [-0.15, -0.1) is 0 Å². The van der Waals surface area contributed by atoms with Crippen LogP contribution in [0.3, 0.4) is 0 Å². The average molecular weight is 358 g/mol. The van der Waals surface area contributed by atoms with Gasteiger partial charge in [-0.25, -0.2) is 4.79 Å². The van der Waals surface area contributed by atoms with Crippen molar-refractivity contribution in [2.24, 2.45) is 0 Å². The zero-order valence-electron chi connectivity index (χ0n) is 12.3. The summed E-state index contributed by atoms with van der Waals surface area (Å²) in [6, 6.07) is 3.20. The van der Waals surface area contributed by atoms with Crippen LogP contribution in [0.15, 0.2) is 16.6 Å². The SMILES string of the molecule is CCCNC(C(=O)OC)c1cc(Br)c2c(c1)OCCCO2. The van der Waals surface area contributed by atoms with Gasteiger partial charge < -0.3 is 19.5 Å². The zero-order chi connectivity index (χ0) is 15.2. The number of ether oxygens (including phenoxy) is 3. The van der Waals surface area contributed by atoms with E-state index in [2.05, 4.69) is 21.2 Å². The highest BCUT2D eigenvalue weighted by Gasteiger charge is 2.24. The highest BCUT2D eigenvalue weighted by molar-refractivity contribution is 9.10. The fraction of sp³-hybridized carbons (Fsp3) is 0.533. The minimum absolute atomic E-state index is 0.315. The molecule has 0 saturated carbocycles. The second-order valence-corrected chi connectivity index (χ2v) is 5.65. The molecule has 1 aromatic rings. The maximum absolute atomic E-state index is 12.0. The van der Waals surface area contributed by atoms with Gasteiger partial charge in [-0.2, -0.15) is 0 Å². The van der Waals surface area contributed by atoms with Gasteiger partial charge in [0.15, 0.2) is 11.5 Å². The number of esters is 1. The number of hydrogen-bond donors (Lipinski definition) is 1. The Bertz CT molecular complexity index is 507. The fourth-order valence-electron chi connectivity index (χ4n) is 2.16. The Hall–Kier alpha value is -1.27. The number of methoxy groups -OCH3 is 1. The summed E-state index contributed by atoms with van der Waals surface area (Å²) in [6.07, 6.45) is 1.77. The molecule has 1 heterocycles. The summed E-state index contributed by atoms with van der Waals surface area (Å²) >= 11 is 3.49. The van der Waals surface area contributed by atoms with E-state index >= 15 is 0 Å². The van der Waals surface area contributed by atoms with Gasteiger partial charge >= 0.3 is 5.97 Å². The topological polar surface area (TPSA) is 56.8 Å². The second-order valence-electron chi connectivity index (χ2n) is 4.79. The Morgan fingerprint density at radius 3 is 2.90 bits per heavy atom. The van der Waals surface area contributed by atoms with Crippen molar-refractivity contribution in [2.45, 2.75) is 25.8 Å². The lowest BCUT2D eigenvalue weighted by Gasteiger charge is -2.19. The molecule has 0 radical (unpaired) electrons. The molecule has 0 bridgehead atoms. The van der Waals surface area contributed by atoms with Gasteiger partial charge in [0.05, 0.1) is 24.8 Å². The van der Waals surface area contributed by atoms with Crippen LogP contribution in [0.1, 0.15) is 31.4 Å². The van der Waals surface area contributed by atoms with Gasteiger partial charge in [0.25, 0.3) is 0 Å². The molecule has 1 aliphatic heterocycles. The van der Waals surface area contributed by atoms with Crippen molar-refractivity contribution in [2.75, 3.05) is 26.9 Å². The quantitative estimate of drug-likeness (QED) is 0.821. The molecular formula is C15H20BrNO4. The predicted octanol–water partition coefficient (Wildman–Crippen LogP) is 2.82. The van der Waals surface area contributed by atoms with Crippen molar-refractivity contribution in [3.63, 3.8) is 0 Å². The summed E-state index contributed by atoms with van der Waals surface area (Å²) in [4.78, 5) is 12.0. The van der Waals surface area contributed by atoms with Crippen molar-refractivity contribution in [1.82, 2.24) is 5.32 Å². The molecule has 0 fully saturated rings. The van der Waals surface area contributed by atoms with Crippen LogP contribution in [-0.2, 0) is 9.53 Å². The number of rotatable bonds is 5. The molecule has 1 N–H and O–H groups in total. The van der Waals surface area contributed by atoms with E-state index in [1.165, 1.54) is 7.11 Å². The molecule has 0 amide bonds. The molecule has 1 atom stereocenters. The molecule has 1 aliphatic rings. The molecular weight excluding hydrogens is 338 g/mol. The van der Waals surface area contributed by atoms with Crippen molar-refractivity contribution < 1.29 is 19.0 Å². The number of nitrogens with one attached hydrogen (secondary N) is 1. The Morgan fingerprint density at radius 1 is 1.43 bits per heavy atom. The zero-order valence-corrected chi connectivity index (χ0v) is 13.9. The maximum Gasteiger partial charge on any atom is 0.327 e. The largest absolute Gasteiger partial charge is 0.490 e. The lowest BCUT2D eigenvalue weighted by Crippen LogP contribution is -2.30. The van der Waals surface area contributed by atoms with Gasteiger partial charge in [-0.1, -0.05) is 6.92 Å². The molecule has 0 aliphatic carbocycles. The Morgan fingerprint density at radius 2 is 2.19 bits per heavy atom. The lowest BCUT2D eigenvalue weighted by atomic mass is 10.1. The van der Waals surface area contributed by atoms with Crippen LogP contribution in [0.2, 0.25) is 0 Å². The Labute approximate surface area is 133 Å². The molecule has 1 aromatic carbocycles. The molecule has 6 heteroatoms.